The summed E-state index contributed by atoms with van der Waals surface area (Å²) in [6.45, 7) is 1.73. The second-order valence-electron chi connectivity index (χ2n) is 5.24. The van der Waals surface area contributed by atoms with Crippen molar-refractivity contribution in [1.29, 1.82) is 0 Å². The maximum absolute atomic E-state index is 13.8. The number of hydrogen-bond donors (Lipinski definition) is 1. The van der Waals surface area contributed by atoms with Crippen molar-refractivity contribution >= 4 is 5.71 Å². The van der Waals surface area contributed by atoms with Gasteiger partial charge in [0, 0.05) is 44.1 Å². The minimum absolute atomic E-state index is 0.115. The second-order valence-corrected chi connectivity index (χ2v) is 5.24. The Morgan fingerprint density at radius 3 is 3.00 bits per heavy atom. The molecule has 1 fully saturated rings. The van der Waals surface area contributed by atoms with Crippen molar-refractivity contribution < 1.29 is 4.39 Å². The van der Waals surface area contributed by atoms with Crippen LogP contribution < -0.4 is 5.73 Å². The Morgan fingerprint density at radius 1 is 1.45 bits per heavy atom. The van der Waals surface area contributed by atoms with Crippen molar-refractivity contribution in [2.75, 3.05) is 20.1 Å². The fraction of sp³-hybridized carbons (Fsp3) is 0.429. The average Bonchev–Trinajstić information content (AvgIpc) is 2.87. The normalized spacial score (nSPS) is 26.9. The van der Waals surface area contributed by atoms with Gasteiger partial charge in [0.2, 0.25) is 0 Å². The van der Waals surface area contributed by atoms with Gasteiger partial charge in [0.05, 0.1) is 11.9 Å². The third-order valence-electron chi connectivity index (χ3n) is 3.72. The summed E-state index contributed by atoms with van der Waals surface area (Å²) in [5, 5.41) is 0. The molecule has 2 atom stereocenters. The molecular formula is C14H18FN5. The molecule has 3 heterocycles. The lowest BCUT2D eigenvalue weighted by molar-refractivity contribution is 0.123. The predicted octanol–water partition coefficient (Wildman–Crippen LogP) is 0.786. The van der Waals surface area contributed by atoms with Crippen LogP contribution in [0.3, 0.4) is 0 Å². The van der Waals surface area contributed by atoms with Gasteiger partial charge < -0.3 is 10.6 Å². The molecule has 2 aliphatic rings. The van der Waals surface area contributed by atoms with Crippen LogP contribution in [0.4, 0.5) is 4.39 Å². The SMILES string of the molecule is CN1C=CC(c2ccncc2F)=NC1N1CC[C@@H](N)C1. The molecule has 5 nitrogen and oxygen atoms in total. The molecule has 1 saturated heterocycles. The van der Waals surface area contributed by atoms with Crippen LogP contribution in [0.1, 0.15) is 12.0 Å². The van der Waals surface area contributed by atoms with Crippen LogP contribution in [0.5, 0.6) is 0 Å². The summed E-state index contributed by atoms with van der Waals surface area (Å²) >= 11 is 0. The second kappa shape index (κ2) is 5.30. The van der Waals surface area contributed by atoms with Gasteiger partial charge in [-0.15, -0.1) is 0 Å². The summed E-state index contributed by atoms with van der Waals surface area (Å²) in [6, 6.07) is 1.85. The van der Waals surface area contributed by atoms with E-state index in [1.807, 2.05) is 24.2 Å². The molecule has 0 aliphatic carbocycles. The standard InChI is InChI=1S/C14H18FN5/c1-19-6-4-13(11-2-5-17-8-12(11)15)18-14(19)20-7-3-10(16)9-20/h2,4-6,8,10,14H,3,7,9,16H2,1H3/t10-,14?/m1/s1. The highest BCUT2D eigenvalue weighted by atomic mass is 19.1. The topological polar surface area (TPSA) is 57.8 Å². The zero-order valence-electron chi connectivity index (χ0n) is 11.4. The largest absolute Gasteiger partial charge is 0.347 e. The fourth-order valence-corrected chi connectivity index (χ4v) is 2.63. The Bertz CT molecular complexity index is 556. The van der Waals surface area contributed by atoms with E-state index in [2.05, 4.69) is 14.9 Å². The quantitative estimate of drug-likeness (QED) is 0.867. The van der Waals surface area contributed by atoms with Gasteiger partial charge in [0.15, 0.2) is 12.1 Å². The highest BCUT2D eigenvalue weighted by molar-refractivity contribution is 6.09. The van der Waals surface area contributed by atoms with Crippen molar-refractivity contribution in [3.63, 3.8) is 0 Å². The highest BCUT2D eigenvalue weighted by Gasteiger charge is 2.29. The molecule has 1 aromatic heterocycles. The summed E-state index contributed by atoms with van der Waals surface area (Å²) < 4.78 is 13.8. The molecule has 20 heavy (non-hydrogen) atoms. The number of rotatable bonds is 2. The fourth-order valence-electron chi connectivity index (χ4n) is 2.63. The number of hydrogen-bond acceptors (Lipinski definition) is 5. The molecule has 2 aliphatic heterocycles. The molecule has 1 unspecified atom stereocenters. The first-order valence-corrected chi connectivity index (χ1v) is 6.72. The lowest BCUT2D eigenvalue weighted by atomic mass is 10.1. The third-order valence-corrected chi connectivity index (χ3v) is 3.72. The lowest BCUT2D eigenvalue weighted by Gasteiger charge is -2.34. The van der Waals surface area contributed by atoms with Crippen LogP contribution in [0, 0.1) is 5.82 Å². The van der Waals surface area contributed by atoms with E-state index in [0.29, 0.717) is 11.3 Å². The van der Waals surface area contributed by atoms with Gasteiger partial charge in [-0.25, -0.2) is 9.38 Å². The minimum Gasteiger partial charge on any atom is -0.347 e. The first-order valence-electron chi connectivity index (χ1n) is 6.72. The van der Waals surface area contributed by atoms with Crippen LogP contribution >= 0.6 is 0 Å². The summed E-state index contributed by atoms with van der Waals surface area (Å²) in [4.78, 5) is 12.7. The molecular weight excluding hydrogens is 257 g/mol. The number of aliphatic imine (C=N–C) groups is 1. The van der Waals surface area contributed by atoms with Crippen LogP contribution in [-0.4, -0.2) is 53.0 Å². The van der Waals surface area contributed by atoms with Crippen molar-refractivity contribution in [2.24, 2.45) is 10.7 Å². The van der Waals surface area contributed by atoms with Gasteiger partial charge in [-0.3, -0.25) is 9.88 Å². The summed E-state index contributed by atoms with van der Waals surface area (Å²) in [6.07, 6.45) is 7.40. The predicted molar refractivity (Wildman–Crippen MR) is 75.6 cm³/mol. The first kappa shape index (κ1) is 13.2. The molecule has 0 amide bonds. The monoisotopic (exact) mass is 275 g/mol. The molecule has 0 saturated carbocycles. The van der Waals surface area contributed by atoms with Gasteiger partial charge >= 0.3 is 0 Å². The Kier molecular flexibility index (Phi) is 3.50. The Labute approximate surface area is 117 Å². The van der Waals surface area contributed by atoms with Crippen LogP contribution in [0.25, 0.3) is 0 Å². The molecule has 0 aromatic carbocycles. The maximum Gasteiger partial charge on any atom is 0.178 e. The van der Waals surface area contributed by atoms with Gasteiger partial charge in [-0.05, 0) is 18.6 Å². The lowest BCUT2D eigenvalue weighted by Crippen LogP contribution is -2.45. The van der Waals surface area contributed by atoms with E-state index in [4.69, 9.17) is 5.73 Å². The number of allylic oxidation sites excluding steroid dienone is 1. The molecule has 0 bridgehead atoms. The molecule has 1 aromatic rings. The summed E-state index contributed by atoms with van der Waals surface area (Å²) in [7, 11) is 1.97. The number of pyridine rings is 1. The highest BCUT2D eigenvalue weighted by Crippen LogP contribution is 2.20. The van der Waals surface area contributed by atoms with Crippen LogP contribution in [0.15, 0.2) is 35.7 Å². The van der Waals surface area contributed by atoms with Gasteiger partial charge in [0.25, 0.3) is 0 Å². The zero-order valence-corrected chi connectivity index (χ0v) is 11.4. The van der Waals surface area contributed by atoms with Crippen molar-refractivity contribution in [3.05, 3.63) is 42.1 Å². The Hall–Kier alpha value is -1.79. The van der Waals surface area contributed by atoms with Crippen molar-refractivity contribution in [1.82, 2.24) is 14.8 Å². The number of aromatic nitrogens is 1. The van der Waals surface area contributed by atoms with E-state index in [-0.39, 0.29) is 18.1 Å². The zero-order chi connectivity index (χ0) is 14.1. The van der Waals surface area contributed by atoms with E-state index in [9.17, 15) is 4.39 Å². The van der Waals surface area contributed by atoms with Gasteiger partial charge in [-0.2, -0.15) is 0 Å². The molecule has 0 spiro atoms. The smallest absolute Gasteiger partial charge is 0.178 e. The third kappa shape index (κ3) is 2.44. The Morgan fingerprint density at radius 2 is 2.30 bits per heavy atom. The van der Waals surface area contributed by atoms with Gasteiger partial charge in [-0.1, -0.05) is 0 Å². The van der Waals surface area contributed by atoms with Crippen molar-refractivity contribution in [3.8, 4) is 0 Å². The molecule has 106 valence electrons. The number of nitrogens with two attached hydrogens (primary N) is 1. The van der Waals surface area contributed by atoms with E-state index in [1.165, 1.54) is 6.20 Å². The van der Waals surface area contributed by atoms with E-state index >= 15 is 0 Å². The minimum atomic E-state index is -0.350. The number of nitrogens with zero attached hydrogens (tertiary/aromatic N) is 4. The summed E-state index contributed by atoms with van der Waals surface area (Å²) in [5.41, 5.74) is 7.08. The molecule has 6 heteroatoms. The van der Waals surface area contributed by atoms with E-state index in [1.54, 1.807) is 12.3 Å². The van der Waals surface area contributed by atoms with Gasteiger partial charge in [0.1, 0.15) is 0 Å². The van der Waals surface area contributed by atoms with Crippen molar-refractivity contribution in [2.45, 2.75) is 18.8 Å². The molecule has 2 N–H and O–H groups in total. The molecule has 0 radical (unpaired) electrons. The van der Waals surface area contributed by atoms with Crippen LogP contribution in [-0.2, 0) is 0 Å². The Balaban J connectivity index is 1.89. The molecule has 3 rings (SSSR count). The van der Waals surface area contributed by atoms with E-state index < -0.39 is 0 Å². The first-order chi connectivity index (χ1) is 9.65. The summed E-state index contributed by atoms with van der Waals surface area (Å²) in [5.74, 6) is -0.350. The number of halogens is 1. The van der Waals surface area contributed by atoms with Crippen LogP contribution in [0.2, 0.25) is 0 Å². The van der Waals surface area contributed by atoms with E-state index in [0.717, 1.165) is 19.5 Å². The average molecular weight is 275 g/mol. The number of likely N-dealkylation sites (tertiary alicyclic amines) is 1. The maximum atomic E-state index is 13.8.